The standard InChI is InChI=1S/C17H11F3N4O4/c1-7-12(8(2)28-23-7)10-6-21-24-4-3-9(5-11(10)24)15-22-14(17(18,19)20)13(27-15)16(25)26/h3-6H,1-2H3,(H,25,26). The van der Waals surface area contributed by atoms with Gasteiger partial charge in [0.05, 0.1) is 23.0 Å². The number of pyridine rings is 1. The highest BCUT2D eigenvalue weighted by molar-refractivity contribution is 5.87. The molecule has 28 heavy (non-hydrogen) atoms. The fourth-order valence-electron chi connectivity index (χ4n) is 2.95. The molecule has 8 nitrogen and oxygen atoms in total. The maximum absolute atomic E-state index is 13.1. The Labute approximate surface area is 154 Å². The molecule has 4 aromatic heterocycles. The molecule has 0 aromatic carbocycles. The van der Waals surface area contributed by atoms with Gasteiger partial charge in [0.15, 0.2) is 5.69 Å². The van der Waals surface area contributed by atoms with Crippen LogP contribution < -0.4 is 0 Å². The lowest BCUT2D eigenvalue weighted by Crippen LogP contribution is -2.11. The Morgan fingerprint density at radius 3 is 2.61 bits per heavy atom. The predicted octanol–water partition coefficient (Wildman–Crippen LogP) is 3.98. The van der Waals surface area contributed by atoms with Crippen LogP contribution in [-0.4, -0.2) is 30.8 Å². The minimum Gasteiger partial charge on any atom is -0.475 e. The maximum Gasteiger partial charge on any atom is 0.437 e. The molecule has 4 aromatic rings. The van der Waals surface area contributed by atoms with Gasteiger partial charge in [-0.3, -0.25) is 0 Å². The predicted molar refractivity (Wildman–Crippen MR) is 87.6 cm³/mol. The number of aryl methyl sites for hydroxylation is 2. The third-order valence-electron chi connectivity index (χ3n) is 4.16. The van der Waals surface area contributed by atoms with Crippen LogP contribution in [0.1, 0.15) is 27.7 Å². The molecule has 0 aliphatic rings. The van der Waals surface area contributed by atoms with Gasteiger partial charge >= 0.3 is 12.1 Å². The van der Waals surface area contributed by atoms with Crippen LogP contribution in [0.3, 0.4) is 0 Å². The molecule has 0 amide bonds. The average molecular weight is 392 g/mol. The van der Waals surface area contributed by atoms with E-state index in [1.54, 1.807) is 20.0 Å². The van der Waals surface area contributed by atoms with Crippen molar-refractivity contribution in [3.05, 3.63) is 47.4 Å². The number of carboxylic acid groups (broad SMARTS) is 1. The van der Waals surface area contributed by atoms with E-state index in [1.165, 1.54) is 22.8 Å². The lowest BCUT2D eigenvalue weighted by atomic mass is 10.1. The first kappa shape index (κ1) is 17.8. The van der Waals surface area contributed by atoms with Crippen molar-refractivity contribution in [1.82, 2.24) is 19.8 Å². The number of alkyl halides is 3. The van der Waals surface area contributed by atoms with Gasteiger partial charge in [-0.15, -0.1) is 0 Å². The van der Waals surface area contributed by atoms with Gasteiger partial charge in [0, 0.05) is 17.3 Å². The molecule has 144 valence electrons. The van der Waals surface area contributed by atoms with Crippen molar-refractivity contribution in [2.75, 3.05) is 0 Å². The number of aromatic nitrogens is 4. The highest BCUT2D eigenvalue weighted by Crippen LogP contribution is 2.36. The summed E-state index contributed by atoms with van der Waals surface area (Å²) in [4.78, 5) is 14.5. The Morgan fingerprint density at radius 1 is 1.29 bits per heavy atom. The van der Waals surface area contributed by atoms with E-state index >= 15 is 0 Å². The Kier molecular flexibility index (Phi) is 3.77. The molecule has 0 saturated carbocycles. The lowest BCUT2D eigenvalue weighted by Gasteiger charge is -2.01. The van der Waals surface area contributed by atoms with E-state index in [-0.39, 0.29) is 5.56 Å². The quantitative estimate of drug-likeness (QED) is 0.562. The van der Waals surface area contributed by atoms with Crippen molar-refractivity contribution >= 4 is 11.5 Å². The normalized spacial score (nSPS) is 12.0. The highest BCUT2D eigenvalue weighted by Gasteiger charge is 2.41. The Morgan fingerprint density at radius 2 is 2.04 bits per heavy atom. The summed E-state index contributed by atoms with van der Waals surface area (Å²) >= 11 is 0. The zero-order chi connectivity index (χ0) is 20.2. The smallest absolute Gasteiger partial charge is 0.437 e. The second-order valence-electron chi connectivity index (χ2n) is 6.00. The van der Waals surface area contributed by atoms with Crippen molar-refractivity contribution in [2.45, 2.75) is 20.0 Å². The Bertz CT molecular complexity index is 1200. The summed E-state index contributed by atoms with van der Waals surface area (Å²) < 4.78 is 50.8. The number of rotatable bonds is 3. The molecule has 4 heterocycles. The van der Waals surface area contributed by atoms with E-state index in [9.17, 15) is 18.0 Å². The molecule has 4 rings (SSSR count). The van der Waals surface area contributed by atoms with Crippen molar-refractivity contribution in [2.24, 2.45) is 0 Å². The van der Waals surface area contributed by atoms with E-state index in [4.69, 9.17) is 14.0 Å². The molecule has 0 atom stereocenters. The molecule has 0 aliphatic heterocycles. The first-order valence-electron chi connectivity index (χ1n) is 7.89. The minimum atomic E-state index is -4.96. The van der Waals surface area contributed by atoms with Gasteiger partial charge in [-0.25, -0.2) is 14.3 Å². The van der Waals surface area contributed by atoms with Crippen molar-refractivity contribution in [1.29, 1.82) is 0 Å². The van der Waals surface area contributed by atoms with Gasteiger partial charge in [-0.05, 0) is 26.0 Å². The molecule has 0 spiro atoms. The highest BCUT2D eigenvalue weighted by atomic mass is 19.4. The number of oxazole rings is 1. The Balaban J connectivity index is 1.90. The molecular formula is C17H11F3N4O4. The number of nitrogens with zero attached hydrogens (tertiary/aromatic N) is 4. The fraction of sp³-hybridized carbons (Fsp3) is 0.176. The summed E-state index contributed by atoms with van der Waals surface area (Å²) in [6, 6.07) is 2.93. The molecule has 0 aliphatic carbocycles. The molecule has 0 unspecified atom stereocenters. The summed E-state index contributed by atoms with van der Waals surface area (Å²) in [6.07, 6.45) is -1.88. The topological polar surface area (TPSA) is 107 Å². The maximum atomic E-state index is 13.1. The number of hydrogen-bond acceptors (Lipinski definition) is 6. The Hall–Kier alpha value is -3.63. The van der Waals surface area contributed by atoms with Crippen LogP contribution in [0.5, 0.6) is 0 Å². The molecule has 0 bridgehead atoms. The van der Waals surface area contributed by atoms with Crippen molar-refractivity contribution in [3.8, 4) is 22.6 Å². The van der Waals surface area contributed by atoms with E-state index in [0.29, 0.717) is 28.1 Å². The number of halogens is 3. The van der Waals surface area contributed by atoms with Crippen molar-refractivity contribution in [3.63, 3.8) is 0 Å². The van der Waals surface area contributed by atoms with Gasteiger partial charge in [0.25, 0.3) is 0 Å². The first-order chi connectivity index (χ1) is 13.2. The van der Waals surface area contributed by atoms with E-state index in [0.717, 1.165) is 0 Å². The van der Waals surface area contributed by atoms with E-state index in [2.05, 4.69) is 15.2 Å². The lowest BCUT2D eigenvalue weighted by molar-refractivity contribution is -0.141. The fourth-order valence-corrected chi connectivity index (χ4v) is 2.95. The van der Waals surface area contributed by atoms with Crippen molar-refractivity contribution < 1.29 is 32.0 Å². The summed E-state index contributed by atoms with van der Waals surface area (Å²) in [6.45, 7) is 3.48. The number of aromatic carboxylic acids is 1. The van der Waals surface area contributed by atoms with Crippen LogP contribution in [0.2, 0.25) is 0 Å². The third-order valence-corrected chi connectivity index (χ3v) is 4.16. The van der Waals surface area contributed by atoms with E-state index in [1.807, 2.05) is 0 Å². The molecule has 11 heteroatoms. The average Bonchev–Trinajstić information content (AvgIpc) is 3.31. The van der Waals surface area contributed by atoms with Gasteiger partial charge in [0.1, 0.15) is 5.76 Å². The van der Waals surface area contributed by atoms with Crippen LogP contribution in [0, 0.1) is 13.8 Å². The number of fused-ring (bicyclic) bond motifs is 1. The summed E-state index contributed by atoms with van der Waals surface area (Å²) in [7, 11) is 0. The van der Waals surface area contributed by atoms with Gasteiger partial charge in [-0.1, -0.05) is 5.16 Å². The first-order valence-corrected chi connectivity index (χ1v) is 7.89. The molecule has 1 N–H and O–H groups in total. The van der Waals surface area contributed by atoms with Crippen LogP contribution in [0.15, 0.2) is 33.5 Å². The van der Waals surface area contributed by atoms with Crippen LogP contribution in [-0.2, 0) is 6.18 Å². The largest absolute Gasteiger partial charge is 0.475 e. The van der Waals surface area contributed by atoms with Gasteiger partial charge in [0.2, 0.25) is 11.7 Å². The molecular weight excluding hydrogens is 381 g/mol. The number of hydrogen-bond donors (Lipinski definition) is 1. The molecule has 0 radical (unpaired) electrons. The van der Waals surface area contributed by atoms with Gasteiger partial charge < -0.3 is 14.0 Å². The van der Waals surface area contributed by atoms with Crippen LogP contribution in [0.4, 0.5) is 13.2 Å². The van der Waals surface area contributed by atoms with Crippen LogP contribution in [0.25, 0.3) is 28.1 Å². The SMILES string of the molecule is Cc1noc(C)c1-c1cnn2ccc(-c3nc(C(F)(F)F)c(C(=O)O)o3)cc12. The summed E-state index contributed by atoms with van der Waals surface area (Å²) in [5, 5.41) is 17.1. The minimum absolute atomic E-state index is 0.166. The second kappa shape index (κ2) is 5.94. The third kappa shape index (κ3) is 2.71. The summed E-state index contributed by atoms with van der Waals surface area (Å²) in [5.41, 5.74) is 1.10. The monoisotopic (exact) mass is 392 g/mol. The molecule has 0 saturated heterocycles. The van der Waals surface area contributed by atoms with E-state index < -0.39 is 29.5 Å². The zero-order valence-corrected chi connectivity index (χ0v) is 14.4. The summed E-state index contributed by atoms with van der Waals surface area (Å²) in [5.74, 6) is -3.02. The number of carboxylic acids is 1. The van der Waals surface area contributed by atoms with Crippen LogP contribution >= 0.6 is 0 Å². The van der Waals surface area contributed by atoms with Gasteiger partial charge in [-0.2, -0.15) is 18.3 Å². The zero-order valence-electron chi connectivity index (χ0n) is 14.4. The second-order valence-corrected chi connectivity index (χ2v) is 6.00. The molecule has 0 fully saturated rings. The number of carbonyl (C=O) groups is 1.